The highest BCUT2D eigenvalue weighted by Gasteiger charge is 2.16. The molecular formula is C17H16ClN. The van der Waals surface area contributed by atoms with E-state index in [4.69, 9.17) is 11.6 Å². The van der Waals surface area contributed by atoms with E-state index in [1.807, 2.05) is 12.1 Å². The van der Waals surface area contributed by atoms with Gasteiger partial charge in [-0.2, -0.15) is 0 Å². The molecule has 2 heteroatoms. The van der Waals surface area contributed by atoms with Gasteiger partial charge in [-0.25, -0.2) is 0 Å². The van der Waals surface area contributed by atoms with Gasteiger partial charge in [0.15, 0.2) is 0 Å². The molecule has 0 aromatic heterocycles. The highest BCUT2D eigenvalue weighted by molar-refractivity contribution is 6.32. The quantitative estimate of drug-likeness (QED) is 0.756. The van der Waals surface area contributed by atoms with Gasteiger partial charge in [-0.1, -0.05) is 59.1 Å². The maximum Gasteiger partial charge on any atom is 0.0701 e. The number of nitrogens with one attached hydrogen (secondary N) is 1. The number of anilines is 1. The van der Waals surface area contributed by atoms with E-state index in [1.54, 1.807) is 0 Å². The summed E-state index contributed by atoms with van der Waals surface area (Å²) in [6.07, 6.45) is 4.28. The Morgan fingerprint density at radius 2 is 1.79 bits per heavy atom. The van der Waals surface area contributed by atoms with Crippen molar-refractivity contribution in [1.29, 1.82) is 0 Å². The van der Waals surface area contributed by atoms with Crippen LogP contribution < -0.4 is 5.32 Å². The molecule has 1 aliphatic rings. The number of halogens is 1. The minimum atomic E-state index is 0.213. The fourth-order valence-electron chi connectivity index (χ4n) is 2.62. The van der Waals surface area contributed by atoms with E-state index >= 15 is 0 Å². The van der Waals surface area contributed by atoms with Crippen molar-refractivity contribution in [1.82, 2.24) is 0 Å². The van der Waals surface area contributed by atoms with Gasteiger partial charge in [0.2, 0.25) is 0 Å². The topological polar surface area (TPSA) is 12.0 Å². The molecule has 0 aliphatic carbocycles. The van der Waals surface area contributed by atoms with Gasteiger partial charge in [-0.15, -0.1) is 0 Å². The van der Waals surface area contributed by atoms with Gasteiger partial charge < -0.3 is 5.32 Å². The second-order valence-corrected chi connectivity index (χ2v) is 5.51. The van der Waals surface area contributed by atoms with Gasteiger partial charge in [-0.3, -0.25) is 0 Å². The Kier molecular flexibility index (Phi) is 3.08. The Morgan fingerprint density at radius 1 is 1.05 bits per heavy atom. The molecule has 3 rings (SSSR count). The molecular weight excluding hydrogens is 254 g/mol. The number of hydrogen-bond donors (Lipinski definition) is 1. The molecule has 0 spiro atoms. The minimum absolute atomic E-state index is 0.213. The predicted octanol–water partition coefficient (Wildman–Crippen LogP) is 5.14. The maximum absolute atomic E-state index is 6.20. The van der Waals surface area contributed by atoms with E-state index in [0.29, 0.717) is 0 Å². The molecule has 1 nitrogen and oxygen atoms in total. The molecule has 2 aromatic rings. The molecule has 19 heavy (non-hydrogen) atoms. The van der Waals surface area contributed by atoms with Gasteiger partial charge in [0.1, 0.15) is 0 Å². The van der Waals surface area contributed by atoms with Crippen LogP contribution in [0.5, 0.6) is 0 Å². The zero-order chi connectivity index (χ0) is 13.4. The van der Waals surface area contributed by atoms with Crippen molar-refractivity contribution in [3.8, 4) is 0 Å². The van der Waals surface area contributed by atoms with Crippen LogP contribution in [0, 0.1) is 13.8 Å². The van der Waals surface area contributed by atoms with Crippen LogP contribution in [-0.2, 0) is 0 Å². The van der Waals surface area contributed by atoms with E-state index in [0.717, 1.165) is 16.3 Å². The monoisotopic (exact) mass is 269 g/mol. The molecule has 0 radical (unpaired) electrons. The SMILES string of the molecule is Cc1cc(C)cc(C2C=Cc3c(Cl)cccc3N2)c1. The fraction of sp³-hybridized carbons (Fsp3) is 0.176. The predicted molar refractivity (Wildman–Crippen MR) is 82.8 cm³/mol. The highest BCUT2D eigenvalue weighted by Crippen LogP contribution is 2.34. The zero-order valence-corrected chi connectivity index (χ0v) is 11.8. The van der Waals surface area contributed by atoms with E-state index in [2.05, 4.69) is 55.6 Å². The maximum atomic E-state index is 6.20. The molecule has 1 aliphatic heterocycles. The normalized spacial score (nSPS) is 16.9. The summed E-state index contributed by atoms with van der Waals surface area (Å²) in [6.45, 7) is 4.27. The van der Waals surface area contributed by atoms with Crippen molar-refractivity contribution in [2.24, 2.45) is 0 Å². The Hall–Kier alpha value is -1.73. The molecule has 1 unspecified atom stereocenters. The van der Waals surface area contributed by atoms with Crippen LogP contribution >= 0.6 is 11.6 Å². The van der Waals surface area contributed by atoms with Crippen molar-refractivity contribution in [3.63, 3.8) is 0 Å². The molecule has 1 atom stereocenters. The first-order valence-electron chi connectivity index (χ1n) is 6.45. The first kappa shape index (κ1) is 12.3. The molecule has 1 N–H and O–H groups in total. The van der Waals surface area contributed by atoms with Crippen LogP contribution in [-0.4, -0.2) is 0 Å². The molecule has 0 saturated carbocycles. The van der Waals surface area contributed by atoms with Crippen LogP contribution in [0.4, 0.5) is 5.69 Å². The minimum Gasteiger partial charge on any atom is -0.374 e. The third-order valence-corrected chi connectivity index (χ3v) is 3.75. The second-order valence-electron chi connectivity index (χ2n) is 5.10. The summed E-state index contributed by atoms with van der Waals surface area (Å²) in [5, 5.41) is 4.33. The third-order valence-electron chi connectivity index (χ3n) is 3.42. The van der Waals surface area contributed by atoms with Crippen LogP contribution in [0.2, 0.25) is 5.02 Å². The van der Waals surface area contributed by atoms with Crippen LogP contribution in [0.25, 0.3) is 6.08 Å². The summed E-state index contributed by atoms with van der Waals surface area (Å²) >= 11 is 6.20. The third kappa shape index (κ3) is 2.39. The van der Waals surface area contributed by atoms with Crippen molar-refractivity contribution < 1.29 is 0 Å². The lowest BCUT2D eigenvalue weighted by atomic mass is 9.97. The smallest absolute Gasteiger partial charge is 0.0701 e. The van der Waals surface area contributed by atoms with E-state index in [9.17, 15) is 0 Å². The summed E-state index contributed by atoms with van der Waals surface area (Å²) < 4.78 is 0. The molecule has 0 fully saturated rings. The summed E-state index contributed by atoms with van der Waals surface area (Å²) in [5.74, 6) is 0. The summed E-state index contributed by atoms with van der Waals surface area (Å²) in [6, 6.07) is 12.8. The highest BCUT2D eigenvalue weighted by atomic mass is 35.5. The van der Waals surface area contributed by atoms with Gasteiger partial charge in [0.05, 0.1) is 6.04 Å². The average Bonchev–Trinajstić information content (AvgIpc) is 2.37. The van der Waals surface area contributed by atoms with Gasteiger partial charge in [0, 0.05) is 16.3 Å². The van der Waals surface area contributed by atoms with Crippen molar-refractivity contribution in [3.05, 3.63) is 69.8 Å². The zero-order valence-electron chi connectivity index (χ0n) is 11.1. The first-order valence-corrected chi connectivity index (χ1v) is 6.83. The Balaban J connectivity index is 1.99. The van der Waals surface area contributed by atoms with Crippen LogP contribution in [0.1, 0.15) is 28.3 Å². The molecule has 96 valence electrons. The second kappa shape index (κ2) is 4.75. The summed E-state index contributed by atoms with van der Waals surface area (Å²) in [7, 11) is 0. The lowest BCUT2D eigenvalue weighted by molar-refractivity contribution is 0.972. The van der Waals surface area contributed by atoms with E-state index < -0.39 is 0 Å². The standard InChI is InChI=1S/C17H16ClN/c1-11-8-12(2)10-13(9-11)16-7-6-14-15(18)4-3-5-17(14)19-16/h3-10,16,19H,1-2H3. The lowest BCUT2D eigenvalue weighted by Crippen LogP contribution is -2.12. The summed E-state index contributed by atoms with van der Waals surface area (Å²) in [5.41, 5.74) is 6.05. The molecule has 0 bridgehead atoms. The van der Waals surface area contributed by atoms with Crippen molar-refractivity contribution in [2.45, 2.75) is 19.9 Å². The number of hydrogen-bond acceptors (Lipinski definition) is 1. The molecule has 2 aromatic carbocycles. The Bertz CT molecular complexity index is 638. The lowest BCUT2D eigenvalue weighted by Gasteiger charge is -2.24. The fourth-order valence-corrected chi connectivity index (χ4v) is 2.86. The Morgan fingerprint density at radius 3 is 2.53 bits per heavy atom. The number of aryl methyl sites for hydroxylation is 2. The van der Waals surface area contributed by atoms with Crippen molar-refractivity contribution in [2.75, 3.05) is 5.32 Å². The largest absolute Gasteiger partial charge is 0.374 e. The summed E-state index contributed by atoms with van der Waals surface area (Å²) in [4.78, 5) is 0. The number of fused-ring (bicyclic) bond motifs is 1. The van der Waals surface area contributed by atoms with Crippen molar-refractivity contribution >= 4 is 23.4 Å². The van der Waals surface area contributed by atoms with Gasteiger partial charge in [-0.05, 0) is 31.5 Å². The average molecular weight is 270 g/mol. The van der Waals surface area contributed by atoms with Crippen LogP contribution in [0.3, 0.4) is 0 Å². The number of rotatable bonds is 1. The molecule has 1 heterocycles. The number of benzene rings is 2. The van der Waals surface area contributed by atoms with E-state index in [-0.39, 0.29) is 6.04 Å². The first-order chi connectivity index (χ1) is 9.13. The molecule has 0 amide bonds. The van der Waals surface area contributed by atoms with E-state index in [1.165, 1.54) is 16.7 Å². The van der Waals surface area contributed by atoms with Gasteiger partial charge in [0.25, 0.3) is 0 Å². The van der Waals surface area contributed by atoms with Crippen LogP contribution in [0.15, 0.2) is 42.5 Å². The molecule has 0 saturated heterocycles. The Labute approximate surface area is 118 Å². The van der Waals surface area contributed by atoms with Gasteiger partial charge >= 0.3 is 0 Å².